The highest BCUT2D eigenvalue weighted by atomic mass is 32.2. The molecule has 2 rings (SSSR count). The maximum absolute atomic E-state index is 13.2. The van der Waals surface area contributed by atoms with Crippen molar-refractivity contribution in [3.63, 3.8) is 0 Å². The standard InChI is InChI=1S/C20H25FN2O3S/c1-5-15-8-7-9-16(6-2)19(15)22-20(24)14(3)23(27(4,25)26)18-12-10-17(21)11-13-18/h7-14H,5-6H2,1-4H3,(H,22,24)/t14-/m0/s1. The van der Waals surface area contributed by atoms with E-state index < -0.39 is 27.8 Å². The van der Waals surface area contributed by atoms with E-state index in [0.717, 1.165) is 40.2 Å². The van der Waals surface area contributed by atoms with Gasteiger partial charge in [-0.1, -0.05) is 32.0 Å². The Bertz CT molecular complexity index is 889. The number of carbonyl (C=O) groups excluding carboxylic acids is 1. The van der Waals surface area contributed by atoms with Crippen molar-refractivity contribution in [3.8, 4) is 0 Å². The third-order valence-corrected chi connectivity index (χ3v) is 5.66. The highest BCUT2D eigenvalue weighted by molar-refractivity contribution is 7.92. The first-order valence-electron chi connectivity index (χ1n) is 8.85. The van der Waals surface area contributed by atoms with Crippen molar-refractivity contribution in [2.75, 3.05) is 15.9 Å². The van der Waals surface area contributed by atoms with Crippen LogP contribution in [0.3, 0.4) is 0 Å². The Morgan fingerprint density at radius 3 is 2.04 bits per heavy atom. The zero-order chi connectivity index (χ0) is 20.2. The molecular weight excluding hydrogens is 367 g/mol. The molecule has 1 N–H and O–H groups in total. The molecule has 0 radical (unpaired) electrons. The summed E-state index contributed by atoms with van der Waals surface area (Å²) in [6.45, 7) is 5.50. The number of halogens is 1. The first-order chi connectivity index (χ1) is 12.7. The molecule has 1 amide bonds. The number of anilines is 2. The average Bonchev–Trinajstić information content (AvgIpc) is 2.62. The molecule has 7 heteroatoms. The van der Waals surface area contributed by atoms with E-state index in [1.807, 2.05) is 32.0 Å². The molecule has 0 aliphatic rings. The molecule has 27 heavy (non-hydrogen) atoms. The monoisotopic (exact) mass is 392 g/mol. The lowest BCUT2D eigenvalue weighted by Crippen LogP contribution is -2.45. The number of rotatable bonds is 7. The smallest absolute Gasteiger partial charge is 0.248 e. The summed E-state index contributed by atoms with van der Waals surface area (Å²) in [4.78, 5) is 12.9. The number of nitrogens with zero attached hydrogens (tertiary/aromatic N) is 1. The van der Waals surface area contributed by atoms with Crippen LogP contribution in [0.4, 0.5) is 15.8 Å². The highest BCUT2D eigenvalue weighted by Crippen LogP contribution is 2.25. The van der Waals surface area contributed by atoms with E-state index in [-0.39, 0.29) is 5.69 Å². The minimum absolute atomic E-state index is 0.237. The summed E-state index contributed by atoms with van der Waals surface area (Å²) in [5.41, 5.74) is 2.94. The van der Waals surface area contributed by atoms with Crippen molar-refractivity contribution >= 4 is 27.3 Å². The lowest BCUT2D eigenvalue weighted by atomic mass is 10.0. The minimum Gasteiger partial charge on any atom is -0.324 e. The van der Waals surface area contributed by atoms with Gasteiger partial charge in [0.2, 0.25) is 15.9 Å². The summed E-state index contributed by atoms with van der Waals surface area (Å²) in [5.74, 6) is -0.922. The van der Waals surface area contributed by atoms with Crippen LogP contribution in [-0.2, 0) is 27.7 Å². The Labute approximate surface area is 160 Å². The number of nitrogens with one attached hydrogen (secondary N) is 1. The van der Waals surface area contributed by atoms with Crippen molar-refractivity contribution in [3.05, 3.63) is 59.4 Å². The van der Waals surface area contributed by atoms with Crippen LogP contribution in [0.15, 0.2) is 42.5 Å². The Kier molecular flexibility index (Phi) is 6.59. The fraction of sp³-hybridized carbons (Fsp3) is 0.350. The first kappa shape index (κ1) is 20.9. The molecule has 0 heterocycles. The Morgan fingerprint density at radius 2 is 1.59 bits per heavy atom. The molecule has 0 saturated heterocycles. The Morgan fingerprint density at radius 1 is 1.07 bits per heavy atom. The number of benzene rings is 2. The minimum atomic E-state index is -3.75. The van der Waals surface area contributed by atoms with E-state index in [9.17, 15) is 17.6 Å². The van der Waals surface area contributed by atoms with Crippen molar-refractivity contribution in [1.82, 2.24) is 0 Å². The molecule has 146 valence electrons. The number of amides is 1. The molecule has 2 aromatic rings. The molecular formula is C20H25FN2O3S. The van der Waals surface area contributed by atoms with Crippen molar-refractivity contribution in [2.24, 2.45) is 0 Å². The Hall–Kier alpha value is -2.41. The van der Waals surface area contributed by atoms with E-state index in [0.29, 0.717) is 0 Å². The number of aryl methyl sites for hydroxylation is 2. The van der Waals surface area contributed by atoms with Gasteiger partial charge in [-0.3, -0.25) is 9.10 Å². The summed E-state index contributed by atoms with van der Waals surface area (Å²) < 4.78 is 38.8. The van der Waals surface area contributed by atoms with Gasteiger partial charge in [0.25, 0.3) is 0 Å². The maximum atomic E-state index is 13.2. The predicted octanol–water partition coefficient (Wildman–Crippen LogP) is 3.74. The van der Waals surface area contributed by atoms with Crippen molar-refractivity contribution in [1.29, 1.82) is 0 Å². The van der Waals surface area contributed by atoms with Gasteiger partial charge in [0.05, 0.1) is 11.9 Å². The molecule has 1 atom stereocenters. The summed E-state index contributed by atoms with van der Waals surface area (Å²) in [6.07, 6.45) is 2.51. The number of hydrogen-bond acceptors (Lipinski definition) is 3. The van der Waals surface area contributed by atoms with Gasteiger partial charge in [-0.15, -0.1) is 0 Å². The lowest BCUT2D eigenvalue weighted by molar-refractivity contribution is -0.116. The van der Waals surface area contributed by atoms with Crippen LogP contribution in [0.1, 0.15) is 31.9 Å². The number of hydrogen-bond donors (Lipinski definition) is 1. The second kappa shape index (κ2) is 8.52. The number of carbonyl (C=O) groups is 1. The molecule has 0 spiro atoms. The normalized spacial score (nSPS) is 12.5. The maximum Gasteiger partial charge on any atom is 0.248 e. The van der Waals surface area contributed by atoms with Gasteiger partial charge < -0.3 is 5.32 Å². The molecule has 0 saturated carbocycles. The summed E-state index contributed by atoms with van der Waals surface area (Å²) in [7, 11) is -3.75. The molecule has 0 aromatic heterocycles. The topological polar surface area (TPSA) is 66.5 Å². The van der Waals surface area contributed by atoms with Crippen LogP contribution in [0.25, 0.3) is 0 Å². The van der Waals surface area contributed by atoms with E-state index >= 15 is 0 Å². The molecule has 0 aliphatic carbocycles. The van der Waals surface area contributed by atoms with Crippen LogP contribution in [0.5, 0.6) is 0 Å². The van der Waals surface area contributed by atoms with Crippen molar-refractivity contribution in [2.45, 2.75) is 39.7 Å². The fourth-order valence-electron chi connectivity index (χ4n) is 3.03. The van der Waals surface area contributed by atoms with Crippen LogP contribution in [-0.4, -0.2) is 26.6 Å². The van der Waals surface area contributed by atoms with E-state index in [4.69, 9.17) is 0 Å². The molecule has 0 aliphatic heterocycles. The SMILES string of the molecule is CCc1cccc(CC)c1NC(=O)[C@H](C)N(c1ccc(F)cc1)S(C)(=O)=O. The van der Waals surface area contributed by atoms with E-state index in [1.165, 1.54) is 31.2 Å². The van der Waals surface area contributed by atoms with Gasteiger partial charge in [0.1, 0.15) is 11.9 Å². The number of sulfonamides is 1. The van der Waals surface area contributed by atoms with Crippen LogP contribution < -0.4 is 9.62 Å². The fourth-order valence-corrected chi connectivity index (χ4v) is 4.20. The second-order valence-corrected chi connectivity index (χ2v) is 8.22. The summed E-state index contributed by atoms with van der Waals surface area (Å²) in [6, 6.07) is 9.84. The zero-order valence-corrected chi connectivity index (χ0v) is 16.8. The molecule has 0 unspecified atom stereocenters. The molecule has 0 bridgehead atoms. The zero-order valence-electron chi connectivity index (χ0n) is 16.0. The van der Waals surface area contributed by atoms with Crippen LogP contribution in [0.2, 0.25) is 0 Å². The molecule has 2 aromatic carbocycles. The van der Waals surface area contributed by atoms with Crippen LogP contribution in [0, 0.1) is 5.82 Å². The highest BCUT2D eigenvalue weighted by Gasteiger charge is 2.29. The second-order valence-electron chi connectivity index (χ2n) is 6.36. The van der Waals surface area contributed by atoms with Crippen molar-refractivity contribution < 1.29 is 17.6 Å². The first-order valence-corrected chi connectivity index (χ1v) is 10.7. The van der Waals surface area contributed by atoms with Gasteiger partial charge in [-0.05, 0) is 55.2 Å². The predicted molar refractivity (Wildman–Crippen MR) is 107 cm³/mol. The van der Waals surface area contributed by atoms with E-state index in [1.54, 1.807) is 0 Å². The van der Waals surface area contributed by atoms with Gasteiger partial charge >= 0.3 is 0 Å². The van der Waals surface area contributed by atoms with Gasteiger partial charge in [0, 0.05) is 5.69 Å². The molecule has 0 fully saturated rings. The average molecular weight is 392 g/mol. The lowest BCUT2D eigenvalue weighted by Gasteiger charge is -2.28. The largest absolute Gasteiger partial charge is 0.324 e. The molecule has 5 nitrogen and oxygen atoms in total. The number of para-hydroxylation sites is 1. The summed E-state index contributed by atoms with van der Waals surface area (Å²) >= 11 is 0. The Balaban J connectivity index is 2.38. The quantitative estimate of drug-likeness (QED) is 0.780. The van der Waals surface area contributed by atoms with Crippen LogP contribution >= 0.6 is 0 Å². The van der Waals surface area contributed by atoms with Gasteiger partial charge in [-0.25, -0.2) is 12.8 Å². The summed E-state index contributed by atoms with van der Waals surface area (Å²) in [5, 5.41) is 2.90. The van der Waals surface area contributed by atoms with Gasteiger partial charge in [0.15, 0.2) is 0 Å². The third kappa shape index (κ3) is 4.86. The third-order valence-electron chi connectivity index (χ3n) is 4.42. The van der Waals surface area contributed by atoms with Gasteiger partial charge in [-0.2, -0.15) is 0 Å². The van der Waals surface area contributed by atoms with E-state index in [2.05, 4.69) is 5.32 Å².